The highest BCUT2D eigenvalue weighted by Crippen LogP contribution is 2.20. The van der Waals surface area contributed by atoms with Gasteiger partial charge in [0.25, 0.3) is 11.8 Å². The summed E-state index contributed by atoms with van der Waals surface area (Å²) in [7, 11) is 0. The molecule has 1 N–H and O–H groups in total. The van der Waals surface area contributed by atoms with E-state index in [0.717, 1.165) is 0 Å². The molecule has 0 aliphatic carbocycles. The van der Waals surface area contributed by atoms with Crippen molar-refractivity contribution >= 4 is 17.2 Å². The van der Waals surface area contributed by atoms with Crippen LogP contribution < -0.4 is 5.32 Å². The summed E-state index contributed by atoms with van der Waals surface area (Å²) >= 11 is 1.38. The molecule has 0 aliphatic rings. The summed E-state index contributed by atoms with van der Waals surface area (Å²) < 4.78 is 19.0. The third-order valence-corrected chi connectivity index (χ3v) is 3.81. The van der Waals surface area contributed by atoms with Crippen LogP contribution in [0.1, 0.15) is 15.6 Å². The molecule has 112 valence electrons. The SMILES string of the molecule is O=C(NCCc1nnc(-c2ccccc2F)o1)c1cccs1. The summed E-state index contributed by atoms with van der Waals surface area (Å²) in [4.78, 5) is 12.4. The molecule has 0 unspecified atom stereocenters. The molecule has 0 atom stereocenters. The Bertz CT molecular complexity index is 771. The van der Waals surface area contributed by atoms with E-state index in [9.17, 15) is 9.18 Å². The van der Waals surface area contributed by atoms with Crippen LogP contribution in [-0.4, -0.2) is 22.6 Å². The predicted octanol–water partition coefficient (Wildman–Crippen LogP) is 2.91. The summed E-state index contributed by atoms with van der Waals surface area (Å²) in [6, 6.07) is 9.77. The van der Waals surface area contributed by atoms with E-state index in [2.05, 4.69) is 15.5 Å². The van der Waals surface area contributed by atoms with Crippen molar-refractivity contribution in [3.8, 4) is 11.5 Å². The molecular formula is C15H12FN3O2S. The minimum Gasteiger partial charge on any atom is -0.421 e. The molecule has 22 heavy (non-hydrogen) atoms. The monoisotopic (exact) mass is 317 g/mol. The highest BCUT2D eigenvalue weighted by Gasteiger charge is 2.12. The summed E-state index contributed by atoms with van der Waals surface area (Å²) in [5, 5.41) is 12.3. The topological polar surface area (TPSA) is 68.0 Å². The standard InChI is InChI=1S/C15H12FN3O2S/c16-11-5-2-1-4-10(11)15-19-18-13(21-15)7-8-17-14(20)12-6-3-9-22-12/h1-6,9H,7-8H2,(H,17,20). The fourth-order valence-electron chi connectivity index (χ4n) is 1.88. The van der Waals surface area contributed by atoms with Gasteiger partial charge in [-0.3, -0.25) is 4.79 Å². The Kier molecular flexibility index (Phi) is 4.24. The van der Waals surface area contributed by atoms with Gasteiger partial charge in [-0.1, -0.05) is 18.2 Å². The van der Waals surface area contributed by atoms with Crippen molar-refractivity contribution in [3.63, 3.8) is 0 Å². The molecule has 2 heterocycles. The second-order valence-electron chi connectivity index (χ2n) is 4.46. The van der Waals surface area contributed by atoms with Gasteiger partial charge in [-0.25, -0.2) is 4.39 Å². The van der Waals surface area contributed by atoms with Crippen LogP contribution in [0.2, 0.25) is 0 Å². The predicted molar refractivity (Wildman–Crippen MR) is 80.0 cm³/mol. The van der Waals surface area contributed by atoms with Gasteiger partial charge in [0.05, 0.1) is 10.4 Å². The van der Waals surface area contributed by atoms with Crippen molar-refractivity contribution in [1.82, 2.24) is 15.5 Å². The fourth-order valence-corrected chi connectivity index (χ4v) is 2.52. The van der Waals surface area contributed by atoms with Gasteiger partial charge in [0.15, 0.2) is 0 Å². The Labute approximate surface area is 129 Å². The first-order valence-corrected chi connectivity index (χ1v) is 7.51. The maximum atomic E-state index is 13.6. The molecule has 1 aromatic carbocycles. The van der Waals surface area contributed by atoms with Crippen LogP contribution in [0.5, 0.6) is 0 Å². The van der Waals surface area contributed by atoms with Crippen LogP contribution in [-0.2, 0) is 6.42 Å². The van der Waals surface area contributed by atoms with Crippen LogP contribution >= 0.6 is 11.3 Å². The van der Waals surface area contributed by atoms with E-state index in [1.165, 1.54) is 17.4 Å². The lowest BCUT2D eigenvalue weighted by molar-refractivity contribution is 0.0957. The minimum absolute atomic E-state index is 0.135. The summed E-state index contributed by atoms with van der Waals surface area (Å²) in [5.41, 5.74) is 0.267. The Morgan fingerprint density at radius 3 is 2.86 bits per heavy atom. The number of carbonyl (C=O) groups is 1. The third-order valence-electron chi connectivity index (χ3n) is 2.94. The molecule has 0 saturated carbocycles. The van der Waals surface area contributed by atoms with Crippen LogP contribution in [0.4, 0.5) is 4.39 Å². The second-order valence-corrected chi connectivity index (χ2v) is 5.41. The molecule has 7 heteroatoms. The van der Waals surface area contributed by atoms with Crippen LogP contribution in [0.3, 0.4) is 0 Å². The first-order valence-electron chi connectivity index (χ1n) is 6.63. The average molecular weight is 317 g/mol. The molecular weight excluding hydrogens is 305 g/mol. The normalized spacial score (nSPS) is 10.6. The highest BCUT2D eigenvalue weighted by atomic mass is 32.1. The number of rotatable bonds is 5. The number of carbonyl (C=O) groups excluding carboxylic acids is 1. The number of hydrogen-bond donors (Lipinski definition) is 1. The lowest BCUT2D eigenvalue weighted by Gasteiger charge is -2.00. The summed E-state index contributed by atoms with van der Waals surface area (Å²) in [5.74, 6) is -0.0602. The molecule has 3 aromatic rings. The lowest BCUT2D eigenvalue weighted by Crippen LogP contribution is -2.24. The van der Waals surface area contributed by atoms with Gasteiger partial charge >= 0.3 is 0 Å². The number of aromatic nitrogens is 2. The van der Waals surface area contributed by atoms with Gasteiger partial charge in [-0.05, 0) is 23.6 Å². The molecule has 0 aliphatic heterocycles. The first-order chi connectivity index (χ1) is 10.7. The van der Waals surface area contributed by atoms with Crippen molar-refractivity contribution in [2.45, 2.75) is 6.42 Å². The molecule has 1 amide bonds. The second kappa shape index (κ2) is 6.48. The van der Waals surface area contributed by atoms with Crippen molar-refractivity contribution in [2.75, 3.05) is 6.54 Å². The Morgan fingerprint density at radius 1 is 1.23 bits per heavy atom. The number of benzene rings is 1. The highest BCUT2D eigenvalue weighted by molar-refractivity contribution is 7.12. The van der Waals surface area contributed by atoms with Gasteiger partial charge in [0, 0.05) is 13.0 Å². The van der Waals surface area contributed by atoms with E-state index in [0.29, 0.717) is 23.7 Å². The van der Waals surface area contributed by atoms with Crippen molar-refractivity contribution < 1.29 is 13.6 Å². The Hall–Kier alpha value is -2.54. The zero-order chi connectivity index (χ0) is 15.4. The van der Waals surface area contributed by atoms with E-state index >= 15 is 0 Å². The van der Waals surface area contributed by atoms with Gasteiger partial charge < -0.3 is 9.73 Å². The van der Waals surface area contributed by atoms with Crippen molar-refractivity contribution in [2.24, 2.45) is 0 Å². The number of nitrogens with zero attached hydrogens (tertiary/aromatic N) is 2. The van der Waals surface area contributed by atoms with E-state index < -0.39 is 5.82 Å². The number of thiophene rings is 1. The number of amides is 1. The van der Waals surface area contributed by atoms with Gasteiger partial charge in [-0.2, -0.15) is 0 Å². The van der Waals surface area contributed by atoms with Crippen molar-refractivity contribution in [1.29, 1.82) is 0 Å². The summed E-state index contributed by atoms with van der Waals surface area (Å²) in [6.45, 7) is 0.371. The maximum absolute atomic E-state index is 13.6. The quantitative estimate of drug-likeness (QED) is 0.785. The fraction of sp³-hybridized carbons (Fsp3) is 0.133. The zero-order valence-electron chi connectivity index (χ0n) is 11.5. The molecule has 5 nitrogen and oxygen atoms in total. The van der Waals surface area contributed by atoms with Crippen molar-refractivity contribution in [3.05, 3.63) is 58.4 Å². The van der Waals surface area contributed by atoms with Crippen LogP contribution in [0.15, 0.2) is 46.2 Å². The first kappa shape index (κ1) is 14.4. The van der Waals surface area contributed by atoms with E-state index in [1.54, 1.807) is 24.3 Å². The molecule has 0 spiro atoms. The molecule has 3 rings (SSSR count). The maximum Gasteiger partial charge on any atom is 0.261 e. The molecule has 0 fully saturated rings. The van der Waals surface area contributed by atoms with Gasteiger partial charge in [0.1, 0.15) is 5.82 Å². The number of nitrogens with one attached hydrogen (secondary N) is 1. The largest absolute Gasteiger partial charge is 0.421 e. The Balaban J connectivity index is 1.58. The van der Waals surface area contributed by atoms with E-state index in [4.69, 9.17) is 4.42 Å². The molecule has 2 aromatic heterocycles. The molecule has 0 radical (unpaired) electrons. The van der Waals surface area contributed by atoms with E-state index in [1.807, 2.05) is 11.4 Å². The van der Waals surface area contributed by atoms with Gasteiger partial charge in [-0.15, -0.1) is 21.5 Å². The lowest BCUT2D eigenvalue weighted by atomic mass is 10.2. The molecule has 0 bridgehead atoms. The van der Waals surface area contributed by atoms with Crippen LogP contribution in [0.25, 0.3) is 11.5 Å². The van der Waals surface area contributed by atoms with Gasteiger partial charge in [0.2, 0.25) is 5.89 Å². The number of halogens is 1. The minimum atomic E-state index is -0.413. The summed E-state index contributed by atoms with van der Waals surface area (Å²) in [6.07, 6.45) is 0.387. The van der Waals surface area contributed by atoms with E-state index in [-0.39, 0.29) is 17.4 Å². The average Bonchev–Trinajstić information content (AvgIpc) is 3.19. The smallest absolute Gasteiger partial charge is 0.261 e. The van der Waals surface area contributed by atoms with Crippen LogP contribution in [0, 0.1) is 5.82 Å². The molecule has 0 saturated heterocycles. The Morgan fingerprint density at radius 2 is 2.09 bits per heavy atom. The third kappa shape index (κ3) is 3.20. The zero-order valence-corrected chi connectivity index (χ0v) is 12.3. The number of hydrogen-bond acceptors (Lipinski definition) is 5.